The molecule has 5 nitrogen and oxygen atoms in total. The van der Waals surface area contributed by atoms with Crippen LogP contribution in [0.3, 0.4) is 0 Å². The third-order valence-electron chi connectivity index (χ3n) is 3.93. The summed E-state index contributed by atoms with van der Waals surface area (Å²) < 4.78 is 5.11. The summed E-state index contributed by atoms with van der Waals surface area (Å²) in [5, 5.41) is 0.963. The fourth-order valence-electron chi connectivity index (χ4n) is 2.61. The number of hydrogen-bond donors (Lipinski definition) is 1. The number of nitrogens with one attached hydrogen (secondary N) is 1. The van der Waals surface area contributed by atoms with Gasteiger partial charge in [-0.2, -0.15) is 0 Å². The summed E-state index contributed by atoms with van der Waals surface area (Å²) in [6.07, 6.45) is 0. The van der Waals surface area contributed by atoms with E-state index in [0.717, 1.165) is 16.5 Å². The normalized spacial score (nSPS) is 11.7. The fraction of sp³-hybridized carbons (Fsp3) is 0.474. The number of amides is 1. The van der Waals surface area contributed by atoms with Crippen LogP contribution in [0.2, 0.25) is 0 Å². The van der Waals surface area contributed by atoms with Crippen LogP contribution in [0, 0.1) is 12.3 Å². The number of benzene rings is 1. The number of H-pyrrole nitrogens is 1. The van der Waals surface area contributed by atoms with E-state index in [4.69, 9.17) is 4.74 Å². The van der Waals surface area contributed by atoms with Crippen molar-refractivity contribution in [3.05, 3.63) is 45.7 Å². The number of rotatable bonds is 5. The van der Waals surface area contributed by atoms with Crippen molar-refractivity contribution in [1.82, 2.24) is 9.88 Å². The first-order valence-corrected chi connectivity index (χ1v) is 8.13. The number of nitrogens with zero attached hydrogens (tertiary/aromatic N) is 1. The number of fused-ring (bicyclic) bond motifs is 1. The molecule has 0 fully saturated rings. The van der Waals surface area contributed by atoms with Crippen LogP contribution in [0.4, 0.5) is 0 Å². The van der Waals surface area contributed by atoms with Gasteiger partial charge in [-0.1, -0.05) is 32.9 Å². The van der Waals surface area contributed by atoms with Gasteiger partial charge in [0.2, 0.25) is 5.91 Å². The Morgan fingerprint density at radius 3 is 2.58 bits per heavy atom. The molecular formula is C19H26N2O3. The van der Waals surface area contributed by atoms with Gasteiger partial charge in [-0.05, 0) is 30.0 Å². The van der Waals surface area contributed by atoms with Gasteiger partial charge in [0.05, 0.1) is 13.2 Å². The van der Waals surface area contributed by atoms with Crippen molar-refractivity contribution in [3.63, 3.8) is 0 Å². The van der Waals surface area contributed by atoms with Gasteiger partial charge in [0.1, 0.15) is 0 Å². The Bertz CT molecular complexity index is 787. The summed E-state index contributed by atoms with van der Waals surface area (Å²) in [5.41, 5.74) is 1.83. The number of aryl methyl sites for hydroxylation is 1. The summed E-state index contributed by atoms with van der Waals surface area (Å²) >= 11 is 0. The molecule has 5 heteroatoms. The van der Waals surface area contributed by atoms with E-state index in [9.17, 15) is 9.59 Å². The lowest BCUT2D eigenvalue weighted by molar-refractivity contribution is -0.140. The van der Waals surface area contributed by atoms with E-state index in [2.05, 4.69) is 4.98 Å². The number of aromatic amines is 1. The second kappa shape index (κ2) is 7.18. The molecule has 2 aromatic rings. The molecule has 130 valence electrons. The van der Waals surface area contributed by atoms with Gasteiger partial charge in [0.25, 0.3) is 5.56 Å². The highest BCUT2D eigenvalue weighted by Gasteiger charge is 2.27. The maximum atomic E-state index is 12.7. The maximum Gasteiger partial charge on any atom is 0.253 e. The molecule has 0 aliphatic carbocycles. The molecule has 0 spiro atoms. The molecule has 1 heterocycles. The highest BCUT2D eigenvalue weighted by molar-refractivity contribution is 5.82. The molecule has 0 unspecified atom stereocenters. The summed E-state index contributed by atoms with van der Waals surface area (Å²) in [6.45, 7) is 8.79. The Morgan fingerprint density at radius 1 is 1.25 bits per heavy atom. The van der Waals surface area contributed by atoms with Crippen molar-refractivity contribution < 1.29 is 9.53 Å². The van der Waals surface area contributed by atoms with Gasteiger partial charge in [-0.3, -0.25) is 9.59 Å². The van der Waals surface area contributed by atoms with Crippen LogP contribution in [-0.2, 0) is 16.1 Å². The van der Waals surface area contributed by atoms with E-state index >= 15 is 0 Å². The molecule has 24 heavy (non-hydrogen) atoms. The van der Waals surface area contributed by atoms with E-state index < -0.39 is 5.41 Å². The van der Waals surface area contributed by atoms with Crippen molar-refractivity contribution in [2.45, 2.75) is 34.2 Å². The van der Waals surface area contributed by atoms with Crippen molar-refractivity contribution in [2.24, 2.45) is 5.41 Å². The number of carbonyl (C=O) groups is 1. The highest BCUT2D eigenvalue weighted by Crippen LogP contribution is 2.19. The largest absolute Gasteiger partial charge is 0.383 e. The van der Waals surface area contributed by atoms with Crippen molar-refractivity contribution in [1.29, 1.82) is 0 Å². The van der Waals surface area contributed by atoms with Crippen molar-refractivity contribution in [3.8, 4) is 0 Å². The Hall–Kier alpha value is -2.14. The van der Waals surface area contributed by atoms with E-state index in [-0.39, 0.29) is 18.0 Å². The number of ether oxygens (including phenoxy) is 1. The second-order valence-corrected chi connectivity index (χ2v) is 7.18. The van der Waals surface area contributed by atoms with Gasteiger partial charge in [0.15, 0.2) is 0 Å². The van der Waals surface area contributed by atoms with Gasteiger partial charge in [0, 0.05) is 30.1 Å². The Labute approximate surface area is 142 Å². The molecule has 2 rings (SSSR count). The van der Waals surface area contributed by atoms with Gasteiger partial charge >= 0.3 is 0 Å². The molecule has 1 N–H and O–H groups in total. The molecule has 0 saturated heterocycles. The Balaban J connectivity index is 2.36. The lowest BCUT2D eigenvalue weighted by atomic mass is 9.94. The molecule has 1 amide bonds. The zero-order valence-corrected chi connectivity index (χ0v) is 15.1. The molecule has 1 aromatic heterocycles. The molecule has 0 saturated carbocycles. The minimum Gasteiger partial charge on any atom is -0.383 e. The second-order valence-electron chi connectivity index (χ2n) is 7.18. The lowest BCUT2D eigenvalue weighted by Crippen LogP contribution is -2.41. The quantitative estimate of drug-likeness (QED) is 0.917. The number of aromatic nitrogens is 1. The van der Waals surface area contributed by atoms with Crippen molar-refractivity contribution in [2.75, 3.05) is 20.3 Å². The fourth-order valence-corrected chi connectivity index (χ4v) is 2.61. The zero-order chi connectivity index (χ0) is 17.9. The van der Waals surface area contributed by atoms with Crippen LogP contribution in [0.25, 0.3) is 10.9 Å². The molecule has 0 aliphatic rings. The highest BCUT2D eigenvalue weighted by atomic mass is 16.5. The maximum absolute atomic E-state index is 12.7. The molecule has 0 radical (unpaired) electrons. The number of carbonyl (C=O) groups excluding carboxylic acids is 1. The van der Waals surface area contributed by atoms with E-state index in [1.165, 1.54) is 0 Å². The third kappa shape index (κ3) is 4.23. The average Bonchev–Trinajstić information content (AvgIpc) is 2.50. The van der Waals surface area contributed by atoms with Gasteiger partial charge in [-0.25, -0.2) is 0 Å². The van der Waals surface area contributed by atoms with Crippen LogP contribution >= 0.6 is 0 Å². The summed E-state index contributed by atoms with van der Waals surface area (Å²) in [6, 6.07) is 7.80. The minimum absolute atomic E-state index is 0.00273. The third-order valence-corrected chi connectivity index (χ3v) is 3.93. The lowest BCUT2D eigenvalue weighted by Gasteiger charge is -2.29. The smallest absolute Gasteiger partial charge is 0.253 e. The summed E-state index contributed by atoms with van der Waals surface area (Å²) in [4.78, 5) is 29.7. The Kier molecular flexibility index (Phi) is 5.44. The first kappa shape index (κ1) is 18.2. The minimum atomic E-state index is -0.505. The zero-order valence-electron chi connectivity index (χ0n) is 15.1. The van der Waals surface area contributed by atoms with Crippen molar-refractivity contribution >= 4 is 16.8 Å². The van der Waals surface area contributed by atoms with Crippen LogP contribution in [0.5, 0.6) is 0 Å². The predicted molar refractivity (Wildman–Crippen MR) is 96.1 cm³/mol. The van der Waals surface area contributed by atoms with Gasteiger partial charge in [-0.15, -0.1) is 0 Å². The van der Waals surface area contributed by atoms with Crippen LogP contribution < -0.4 is 5.56 Å². The number of pyridine rings is 1. The standard InChI is InChI=1S/C19H26N2O3/c1-13-6-7-14-11-15(17(22)20-16(14)10-13)12-21(8-9-24-5)18(23)19(2,3)4/h6-7,10-11H,8-9,12H2,1-5H3,(H,20,22). The van der Waals surface area contributed by atoms with Crippen LogP contribution in [-0.4, -0.2) is 36.1 Å². The molecule has 0 aliphatic heterocycles. The monoisotopic (exact) mass is 330 g/mol. The number of hydrogen-bond acceptors (Lipinski definition) is 3. The van der Waals surface area contributed by atoms with E-state index in [1.54, 1.807) is 12.0 Å². The summed E-state index contributed by atoms with van der Waals surface area (Å²) in [7, 11) is 1.60. The van der Waals surface area contributed by atoms with Crippen LogP contribution in [0.1, 0.15) is 31.9 Å². The SMILES string of the molecule is COCCN(Cc1cc2ccc(C)cc2[nH]c1=O)C(=O)C(C)(C)C. The number of methoxy groups -OCH3 is 1. The molecular weight excluding hydrogens is 304 g/mol. The van der Waals surface area contributed by atoms with E-state index in [0.29, 0.717) is 18.7 Å². The van der Waals surface area contributed by atoms with E-state index in [1.807, 2.05) is 52.0 Å². The first-order chi connectivity index (χ1) is 11.2. The first-order valence-electron chi connectivity index (χ1n) is 8.13. The Morgan fingerprint density at radius 2 is 1.96 bits per heavy atom. The molecule has 0 bridgehead atoms. The van der Waals surface area contributed by atoms with Crippen LogP contribution in [0.15, 0.2) is 29.1 Å². The predicted octanol–water partition coefficient (Wildman–Crippen LogP) is 2.86. The summed E-state index contributed by atoms with van der Waals surface area (Å²) in [5.74, 6) is 0.00273. The molecule has 1 aromatic carbocycles. The molecule has 0 atom stereocenters. The average molecular weight is 330 g/mol. The van der Waals surface area contributed by atoms with Gasteiger partial charge < -0.3 is 14.6 Å². The topological polar surface area (TPSA) is 62.4 Å².